The molecule has 0 aromatic heterocycles. The molecule has 4 heteroatoms. The minimum absolute atomic E-state index is 0.129. The topological polar surface area (TPSA) is 57.3 Å². The molecule has 0 aliphatic heterocycles. The van der Waals surface area contributed by atoms with Crippen LogP contribution in [0, 0.1) is 11.3 Å². The lowest BCUT2D eigenvalue weighted by atomic mass is 10.1. The number of amides is 1. The Kier molecular flexibility index (Phi) is 6.53. The first-order valence-corrected chi connectivity index (χ1v) is 8.36. The van der Waals surface area contributed by atoms with Gasteiger partial charge in [0.25, 0.3) is 5.91 Å². The second kappa shape index (κ2) is 8.85. The van der Waals surface area contributed by atoms with E-state index in [-0.39, 0.29) is 5.91 Å². The zero-order valence-electron chi connectivity index (χ0n) is 14.3. The van der Waals surface area contributed by atoms with Crippen molar-refractivity contribution in [2.24, 2.45) is 0 Å². The molecular formula is C20H24N3O+. The Hall–Kier alpha value is -2.64. The van der Waals surface area contributed by atoms with Gasteiger partial charge in [-0.25, -0.2) is 0 Å². The molecule has 2 aromatic rings. The second-order valence-electron chi connectivity index (χ2n) is 5.82. The summed E-state index contributed by atoms with van der Waals surface area (Å²) in [7, 11) is 0. The van der Waals surface area contributed by atoms with E-state index in [9.17, 15) is 4.79 Å². The van der Waals surface area contributed by atoms with Gasteiger partial charge in [0.05, 0.1) is 24.7 Å². The van der Waals surface area contributed by atoms with E-state index in [0.717, 1.165) is 25.2 Å². The molecule has 0 saturated heterocycles. The molecule has 2 rings (SSSR count). The predicted molar refractivity (Wildman–Crippen MR) is 94.5 cm³/mol. The van der Waals surface area contributed by atoms with Crippen molar-refractivity contribution in [1.82, 2.24) is 5.32 Å². The summed E-state index contributed by atoms with van der Waals surface area (Å²) in [5, 5.41) is 11.7. The van der Waals surface area contributed by atoms with E-state index in [1.807, 2.05) is 6.07 Å². The summed E-state index contributed by atoms with van der Waals surface area (Å²) >= 11 is 0. The van der Waals surface area contributed by atoms with Gasteiger partial charge >= 0.3 is 0 Å². The summed E-state index contributed by atoms with van der Waals surface area (Å²) in [6, 6.07) is 17.1. The van der Waals surface area contributed by atoms with Gasteiger partial charge in [0, 0.05) is 17.7 Å². The summed E-state index contributed by atoms with van der Waals surface area (Å²) in [5.41, 5.74) is 3.51. The van der Waals surface area contributed by atoms with Crippen LogP contribution in [0.3, 0.4) is 0 Å². The number of benzene rings is 2. The van der Waals surface area contributed by atoms with E-state index in [2.05, 4.69) is 43.4 Å². The fourth-order valence-corrected chi connectivity index (χ4v) is 2.54. The van der Waals surface area contributed by atoms with Gasteiger partial charge in [0.1, 0.15) is 6.54 Å². The molecule has 0 aliphatic carbocycles. The van der Waals surface area contributed by atoms with Gasteiger partial charge in [-0.2, -0.15) is 5.26 Å². The number of carbonyl (C=O) groups excluding carboxylic acids is 1. The highest BCUT2D eigenvalue weighted by molar-refractivity contribution is 5.94. The molecule has 2 N–H and O–H groups in total. The number of quaternary nitrogens is 1. The highest BCUT2D eigenvalue weighted by Crippen LogP contribution is 2.06. The highest BCUT2D eigenvalue weighted by Gasteiger charge is 2.07. The molecule has 0 radical (unpaired) electrons. The predicted octanol–water partition coefficient (Wildman–Crippen LogP) is 1.91. The molecule has 0 fully saturated rings. The van der Waals surface area contributed by atoms with Crippen LogP contribution in [0.4, 0.5) is 0 Å². The van der Waals surface area contributed by atoms with Crippen LogP contribution >= 0.6 is 0 Å². The molecule has 0 aliphatic rings. The van der Waals surface area contributed by atoms with Gasteiger partial charge in [0.2, 0.25) is 0 Å². The molecule has 2 aromatic carbocycles. The Morgan fingerprint density at radius 3 is 2.12 bits per heavy atom. The summed E-state index contributed by atoms with van der Waals surface area (Å²) in [5.74, 6) is -0.129. The van der Waals surface area contributed by atoms with Crippen LogP contribution < -0.4 is 10.2 Å². The zero-order valence-corrected chi connectivity index (χ0v) is 14.3. The van der Waals surface area contributed by atoms with E-state index < -0.39 is 0 Å². The number of hydrogen-bond acceptors (Lipinski definition) is 2. The average Bonchev–Trinajstić information content (AvgIpc) is 2.65. The highest BCUT2D eigenvalue weighted by atomic mass is 16.1. The van der Waals surface area contributed by atoms with Crippen molar-refractivity contribution < 1.29 is 9.69 Å². The standard InChI is InChI=1S/C20H23N3O/c1-3-23(4-2)15-18-7-5-17(6-8-18)14-22-20(24)19-11-9-16(13-21)10-12-19/h5-12H,3-4,14-15H2,1-2H3,(H,22,24)/p+1. The molecule has 0 heterocycles. The minimum atomic E-state index is -0.129. The molecule has 24 heavy (non-hydrogen) atoms. The third-order valence-electron chi connectivity index (χ3n) is 4.21. The van der Waals surface area contributed by atoms with Gasteiger partial charge in [-0.15, -0.1) is 0 Å². The number of nitriles is 1. The molecule has 4 nitrogen and oxygen atoms in total. The van der Waals surface area contributed by atoms with Gasteiger partial charge < -0.3 is 10.2 Å². The maximum Gasteiger partial charge on any atom is 0.251 e. The normalized spacial score (nSPS) is 10.4. The third-order valence-corrected chi connectivity index (χ3v) is 4.21. The maximum atomic E-state index is 12.1. The van der Waals surface area contributed by atoms with Crippen LogP contribution in [-0.2, 0) is 13.1 Å². The zero-order chi connectivity index (χ0) is 17.4. The second-order valence-corrected chi connectivity index (χ2v) is 5.82. The molecule has 0 spiro atoms. The van der Waals surface area contributed by atoms with E-state index in [1.165, 1.54) is 5.56 Å². The van der Waals surface area contributed by atoms with Crippen LogP contribution in [0.2, 0.25) is 0 Å². The van der Waals surface area contributed by atoms with Crippen LogP contribution in [0.1, 0.15) is 40.9 Å². The first kappa shape index (κ1) is 17.7. The lowest BCUT2D eigenvalue weighted by Gasteiger charge is -2.15. The lowest BCUT2D eigenvalue weighted by molar-refractivity contribution is -0.910. The summed E-state index contributed by atoms with van der Waals surface area (Å²) < 4.78 is 0. The van der Waals surface area contributed by atoms with Crippen LogP contribution in [0.25, 0.3) is 0 Å². The number of rotatable bonds is 7. The first-order chi connectivity index (χ1) is 11.7. The van der Waals surface area contributed by atoms with Crippen molar-refractivity contribution in [1.29, 1.82) is 5.26 Å². The fraction of sp³-hybridized carbons (Fsp3) is 0.300. The van der Waals surface area contributed by atoms with E-state index in [0.29, 0.717) is 17.7 Å². The summed E-state index contributed by atoms with van der Waals surface area (Å²) in [6.07, 6.45) is 0. The lowest BCUT2D eigenvalue weighted by Crippen LogP contribution is -3.10. The third kappa shape index (κ3) is 4.94. The number of hydrogen-bond donors (Lipinski definition) is 2. The Morgan fingerprint density at radius 2 is 1.58 bits per heavy atom. The number of carbonyl (C=O) groups is 1. The summed E-state index contributed by atoms with van der Waals surface area (Å²) in [6.45, 7) is 8.18. The molecule has 124 valence electrons. The van der Waals surface area contributed by atoms with Crippen LogP contribution in [0.15, 0.2) is 48.5 Å². The molecule has 0 atom stereocenters. The van der Waals surface area contributed by atoms with Crippen molar-refractivity contribution in [3.8, 4) is 6.07 Å². The molecular weight excluding hydrogens is 298 g/mol. The summed E-state index contributed by atoms with van der Waals surface area (Å²) in [4.78, 5) is 13.7. The Labute approximate surface area is 143 Å². The maximum absolute atomic E-state index is 12.1. The SMILES string of the molecule is CC[NH+](CC)Cc1ccc(CNC(=O)c2ccc(C#N)cc2)cc1. The van der Waals surface area contributed by atoms with E-state index in [1.54, 1.807) is 29.2 Å². The van der Waals surface area contributed by atoms with E-state index >= 15 is 0 Å². The van der Waals surface area contributed by atoms with Crippen molar-refractivity contribution in [2.45, 2.75) is 26.9 Å². The van der Waals surface area contributed by atoms with Crippen molar-refractivity contribution >= 4 is 5.91 Å². The number of nitrogens with one attached hydrogen (secondary N) is 2. The first-order valence-electron chi connectivity index (χ1n) is 8.36. The molecule has 0 unspecified atom stereocenters. The molecule has 1 amide bonds. The van der Waals surface area contributed by atoms with Gasteiger partial charge in [-0.1, -0.05) is 24.3 Å². The fourth-order valence-electron chi connectivity index (χ4n) is 2.54. The van der Waals surface area contributed by atoms with Crippen molar-refractivity contribution in [2.75, 3.05) is 13.1 Å². The van der Waals surface area contributed by atoms with Gasteiger partial charge in [-0.3, -0.25) is 4.79 Å². The Morgan fingerprint density at radius 1 is 1.00 bits per heavy atom. The van der Waals surface area contributed by atoms with Crippen LogP contribution in [-0.4, -0.2) is 19.0 Å². The van der Waals surface area contributed by atoms with Crippen LogP contribution in [0.5, 0.6) is 0 Å². The molecule has 0 saturated carbocycles. The minimum Gasteiger partial charge on any atom is -0.348 e. The van der Waals surface area contributed by atoms with Crippen molar-refractivity contribution in [3.63, 3.8) is 0 Å². The Balaban J connectivity index is 1.89. The quantitative estimate of drug-likeness (QED) is 0.818. The monoisotopic (exact) mass is 322 g/mol. The van der Waals surface area contributed by atoms with E-state index in [4.69, 9.17) is 5.26 Å². The smallest absolute Gasteiger partial charge is 0.251 e. The average molecular weight is 322 g/mol. The van der Waals surface area contributed by atoms with Crippen molar-refractivity contribution in [3.05, 3.63) is 70.8 Å². The Bertz CT molecular complexity index is 695. The van der Waals surface area contributed by atoms with Gasteiger partial charge in [-0.05, 0) is 43.7 Å². The molecule has 0 bridgehead atoms. The largest absolute Gasteiger partial charge is 0.348 e. The number of nitrogens with zero attached hydrogens (tertiary/aromatic N) is 1. The van der Waals surface area contributed by atoms with Gasteiger partial charge in [0.15, 0.2) is 0 Å².